The summed E-state index contributed by atoms with van der Waals surface area (Å²) in [6.07, 6.45) is 7.73. The zero-order chi connectivity index (χ0) is 24.2. The van der Waals surface area contributed by atoms with Crippen LogP contribution in [0.1, 0.15) is 87.1 Å². The van der Waals surface area contributed by atoms with Gasteiger partial charge in [0.05, 0.1) is 0 Å². The lowest BCUT2D eigenvalue weighted by Gasteiger charge is -2.26. The molecule has 1 N–H and O–H groups in total. The van der Waals surface area contributed by atoms with E-state index >= 15 is 4.39 Å². The molecule has 0 unspecified atom stereocenters. The van der Waals surface area contributed by atoms with Gasteiger partial charge in [-0.15, -0.1) is 0 Å². The molecule has 0 heterocycles. The number of carbonyl (C=O) groups excluding carboxylic acids is 2. The van der Waals surface area contributed by atoms with Gasteiger partial charge in [-0.05, 0) is 73.3 Å². The van der Waals surface area contributed by atoms with E-state index in [0.717, 1.165) is 49.1 Å². The first kappa shape index (κ1) is 24.4. The zero-order valence-electron chi connectivity index (χ0n) is 20.6. The van der Waals surface area contributed by atoms with Gasteiger partial charge in [0.2, 0.25) is 5.91 Å². The maximum Gasteiger partial charge on any atom is 0.253 e. The lowest BCUT2D eigenvalue weighted by Crippen LogP contribution is -2.38. The van der Waals surface area contributed by atoms with Crippen LogP contribution in [0.4, 0.5) is 4.39 Å². The van der Waals surface area contributed by atoms with Crippen LogP contribution in [0.25, 0.3) is 11.1 Å². The molecule has 5 heteroatoms. The molecule has 2 atom stereocenters. The second kappa shape index (κ2) is 10.7. The van der Waals surface area contributed by atoms with Crippen molar-refractivity contribution < 1.29 is 14.0 Å². The number of hydrogen-bond acceptors (Lipinski definition) is 2. The largest absolute Gasteiger partial charge is 0.353 e. The summed E-state index contributed by atoms with van der Waals surface area (Å²) in [5.41, 5.74) is 3.06. The number of carbonyl (C=O) groups is 2. The Morgan fingerprint density at radius 3 is 2.35 bits per heavy atom. The van der Waals surface area contributed by atoms with Crippen molar-refractivity contribution in [3.63, 3.8) is 0 Å². The number of hydrogen-bond donors (Lipinski definition) is 1. The van der Waals surface area contributed by atoms with Crippen LogP contribution >= 0.6 is 0 Å². The third-order valence-corrected chi connectivity index (χ3v) is 7.88. The van der Waals surface area contributed by atoms with E-state index in [1.165, 1.54) is 12.8 Å². The predicted molar refractivity (Wildman–Crippen MR) is 134 cm³/mol. The minimum Gasteiger partial charge on any atom is -0.353 e. The Balaban J connectivity index is 1.40. The first-order chi connectivity index (χ1) is 16.4. The Labute approximate surface area is 202 Å². The van der Waals surface area contributed by atoms with E-state index in [0.29, 0.717) is 23.5 Å². The van der Waals surface area contributed by atoms with E-state index in [1.54, 1.807) is 23.1 Å². The molecule has 2 aliphatic rings. The van der Waals surface area contributed by atoms with Crippen molar-refractivity contribution in [2.75, 3.05) is 7.05 Å². The molecular weight excluding hydrogens is 427 g/mol. The molecule has 182 valence electrons. The summed E-state index contributed by atoms with van der Waals surface area (Å²) in [5, 5.41) is 3.04. The normalized spacial score (nSPS) is 24.6. The zero-order valence-corrected chi connectivity index (χ0v) is 20.6. The summed E-state index contributed by atoms with van der Waals surface area (Å²) in [6.45, 7) is 4.14. The fraction of sp³-hybridized carbons (Fsp3) is 0.517. The van der Waals surface area contributed by atoms with Crippen LogP contribution in [0.2, 0.25) is 0 Å². The first-order valence-electron chi connectivity index (χ1n) is 12.8. The van der Waals surface area contributed by atoms with Gasteiger partial charge in [0, 0.05) is 36.7 Å². The molecular formula is C29H37FN2O2. The highest BCUT2D eigenvalue weighted by Crippen LogP contribution is 2.37. The molecule has 2 amide bonds. The summed E-state index contributed by atoms with van der Waals surface area (Å²) in [6, 6.07) is 13.1. The summed E-state index contributed by atoms with van der Waals surface area (Å²) in [5.74, 6) is 1.06. The molecule has 2 aromatic carbocycles. The lowest BCUT2D eigenvalue weighted by molar-refractivity contribution is -0.121. The minimum absolute atomic E-state index is 0.0404. The summed E-state index contributed by atoms with van der Waals surface area (Å²) in [4.78, 5) is 26.5. The predicted octanol–water partition coefficient (Wildman–Crippen LogP) is 6.31. The van der Waals surface area contributed by atoms with Crippen LogP contribution in [0.15, 0.2) is 42.5 Å². The third-order valence-electron chi connectivity index (χ3n) is 7.88. The molecule has 0 spiro atoms. The maximum absolute atomic E-state index is 15.0. The van der Waals surface area contributed by atoms with Crippen molar-refractivity contribution >= 4 is 11.8 Å². The third kappa shape index (κ3) is 5.51. The van der Waals surface area contributed by atoms with Gasteiger partial charge in [0.15, 0.2) is 0 Å². The fourth-order valence-corrected chi connectivity index (χ4v) is 5.54. The Morgan fingerprint density at radius 2 is 1.71 bits per heavy atom. The van der Waals surface area contributed by atoms with Gasteiger partial charge in [-0.2, -0.15) is 0 Å². The SMILES string of the molecule is CCC(=O)N[C@H]1CC[C@@H](N(C)C(=O)c2ccc(-c3ccc(C4CCC(C)CC4)cc3F)cc2)C1. The molecule has 0 aliphatic heterocycles. The number of benzene rings is 2. The van der Waals surface area contributed by atoms with Gasteiger partial charge in [-0.3, -0.25) is 9.59 Å². The Hall–Kier alpha value is -2.69. The number of nitrogens with one attached hydrogen (secondary N) is 1. The number of rotatable bonds is 6. The second-order valence-corrected chi connectivity index (χ2v) is 10.3. The van der Waals surface area contributed by atoms with Crippen molar-refractivity contribution in [1.29, 1.82) is 0 Å². The Bertz CT molecular complexity index is 1010. The highest BCUT2D eigenvalue weighted by molar-refractivity contribution is 5.94. The molecule has 0 radical (unpaired) electrons. The molecule has 0 saturated heterocycles. The smallest absolute Gasteiger partial charge is 0.253 e. The van der Waals surface area contributed by atoms with Gasteiger partial charge >= 0.3 is 0 Å². The highest BCUT2D eigenvalue weighted by Gasteiger charge is 2.31. The number of amides is 2. The molecule has 2 saturated carbocycles. The number of halogens is 1. The van der Waals surface area contributed by atoms with Gasteiger partial charge in [-0.25, -0.2) is 4.39 Å². The molecule has 4 rings (SSSR count). The van der Waals surface area contributed by atoms with E-state index in [1.807, 2.05) is 32.2 Å². The van der Waals surface area contributed by atoms with Crippen LogP contribution in [0.3, 0.4) is 0 Å². The lowest BCUT2D eigenvalue weighted by atomic mass is 9.79. The van der Waals surface area contributed by atoms with Crippen LogP contribution in [-0.4, -0.2) is 35.8 Å². The van der Waals surface area contributed by atoms with Crippen LogP contribution < -0.4 is 5.32 Å². The van der Waals surface area contributed by atoms with Gasteiger partial charge < -0.3 is 10.2 Å². The summed E-state index contributed by atoms with van der Waals surface area (Å²) >= 11 is 0. The van der Waals surface area contributed by atoms with Crippen molar-refractivity contribution in [1.82, 2.24) is 10.2 Å². The van der Waals surface area contributed by atoms with Crippen LogP contribution in [0, 0.1) is 11.7 Å². The Morgan fingerprint density at radius 1 is 1.00 bits per heavy atom. The molecule has 2 aliphatic carbocycles. The molecule has 2 aromatic rings. The van der Waals surface area contributed by atoms with Crippen molar-refractivity contribution in [3.8, 4) is 11.1 Å². The average molecular weight is 465 g/mol. The van der Waals surface area contributed by atoms with Gasteiger partial charge in [-0.1, -0.05) is 51.0 Å². The topological polar surface area (TPSA) is 49.4 Å². The first-order valence-corrected chi connectivity index (χ1v) is 12.8. The van der Waals surface area contributed by atoms with Gasteiger partial charge in [0.25, 0.3) is 5.91 Å². The van der Waals surface area contributed by atoms with Gasteiger partial charge in [0.1, 0.15) is 5.82 Å². The van der Waals surface area contributed by atoms with E-state index in [4.69, 9.17) is 0 Å². The molecule has 34 heavy (non-hydrogen) atoms. The van der Waals surface area contributed by atoms with Crippen molar-refractivity contribution in [3.05, 3.63) is 59.4 Å². The monoisotopic (exact) mass is 464 g/mol. The quantitative estimate of drug-likeness (QED) is 0.545. The molecule has 0 aromatic heterocycles. The number of nitrogens with zero attached hydrogens (tertiary/aromatic N) is 1. The summed E-state index contributed by atoms with van der Waals surface area (Å²) < 4.78 is 15.0. The standard InChI is InChI=1S/C29H37FN2O2/c1-4-28(33)31-24-14-15-25(18-24)32(3)29(34)22-11-9-21(10-12-22)26-16-13-23(17-27(26)30)20-7-5-19(2)6-8-20/h9-13,16-17,19-20,24-25H,4-8,14-15,18H2,1-3H3,(H,31,33)/t19?,20?,24-,25+/m0/s1. The van der Waals surface area contributed by atoms with Crippen LogP contribution in [-0.2, 0) is 4.79 Å². The highest BCUT2D eigenvalue weighted by atomic mass is 19.1. The van der Waals surface area contributed by atoms with Crippen molar-refractivity contribution in [2.45, 2.75) is 83.2 Å². The fourth-order valence-electron chi connectivity index (χ4n) is 5.54. The minimum atomic E-state index is -0.196. The van der Waals surface area contributed by atoms with E-state index in [-0.39, 0.29) is 29.7 Å². The maximum atomic E-state index is 15.0. The van der Waals surface area contributed by atoms with Crippen molar-refractivity contribution in [2.24, 2.45) is 5.92 Å². The van der Waals surface area contributed by atoms with Crippen LogP contribution in [0.5, 0.6) is 0 Å². The molecule has 0 bridgehead atoms. The van der Waals surface area contributed by atoms with E-state index in [2.05, 4.69) is 18.3 Å². The Kier molecular flexibility index (Phi) is 7.70. The average Bonchev–Trinajstić information content (AvgIpc) is 3.32. The van der Waals surface area contributed by atoms with E-state index < -0.39 is 0 Å². The summed E-state index contributed by atoms with van der Waals surface area (Å²) in [7, 11) is 1.83. The van der Waals surface area contributed by atoms with E-state index in [9.17, 15) is 9.59 Å². The molecule has 4 nitrogen and oxygen atoms in total. The second-order valence-electron chi connectivity index (χ2n) is 10.3. The molecule has 2 fully saturated rings.